The Balaban J connectivity index is 1.86. The molecular weight excluding hydrogens is 344 g/mol. The Bertz CT molecular complexity index is 602. The smallest absolute Gasteiger partial charge is 0.234 e. The molecule has 0 atom stereocenters. The fourth-order valence-electron chi connectivity index (χ4n) is 3.75. The number of amides is 1. The summed E-state index contributed by atoms with van der Waals surface area (Å²) in [4.78, 5) is 14.8. The van der Waals surface area contributed by atoms with Crippen molar-refractivity contribution >= 4 is 5.91 Å². The number of nitrogens with zero attached hydrogens (tertiary/aromatic N) is 1. The minimum absolute atomic E-state index is 0.101. The Morgan fingerprint density at radius 1 is 1.15 bits per heavy atom. The maximum atomic E-state index is 12.5. The second-order valence-electron chi connectivity index (χ2n) is 7.19. The van der Waals surface area contributed by atoms with Gasteiger partial charge in [0.25, 0.3) is 0 Å². The highest BCUT2D eigenvalue weighted by Gasteiger charge is 2.25. The lowest BCUT2D eigenvalue weighted by atomic mass is 10.0. The largest absolute Gasteiger partial charge is 0.490 e. The summed E-state index contributed by atoms with van der Waals surface area (Å²) in [6, 6.07) is 6.40. The van der Waals surface area contributed by atoms with Crippen molar-refractivity contribution in [2.45, 2.75) is 51.6 Å². The fourth-order valence-corrected chi connectivity index (χ4v) is 3.75. The molecule has 2 aliphatic rings. The summed E-state index contributed by atoms with van der Waals surface area (Å²) in [5, 5.41) is 3.07. The Morgan fingerprint density at radius 2 is 2.00 bits per heavy atom. The Kier molecular flexibility index (Phi) is 7.78. The van der Waals surface area contributed by atoms with Crippen molar-refractivity contribution in [3.05, 3.63) is 23.8 Å². The van der Waals surface area contributed by atoms with Gasteiger partial charge in [0.15, 0.2) is 11.5 Å². The van der Waals surface area contributed by atoms with Crippen LogP contribution < -0.4 is 14.8 Å². The molecule has 27 heavy (non-hydrogen) atoms. The van der Waals surface area contributed by atoms with Gasteiger partial charge in [0, 0.05) is 37.9 Å². The van der Waals surface area contributed by atoms with E-state index in [4.69, 9.17) is 14.2 Å². The SMILES string of the molecule is CCOc1cccc2c1OCCCCCNC(=O)CN(C1CCOCC1)C2. The molecule has 1 aromatic carbocycles. The van der Waals surface area contributed by atoms with E-state index in [-0.39, 0.29) is 5.91 Å². The second-order valence-corrected chi connectivity index (χ2v) is 7.19. The standard InChI is InChI=1S/C21H32N2O4/c1-2-26-19-8-6-7-17-15-23(18-9-13-25-14-10-18)16-20(24)22-11-4-3-5-12-27-21(17)19/h6-8,18H,2-5,9-16H2,1H3,(H,22,24). The Labute approximate surface area is 162 Å². The van der Waals surface area contributed by atoms with E-state index in [1.807, 2.05) is 19.1 Å². The van der Waals surface area contributed by atoms with Crippen molar-refractivity contribution in [2.75, 3.05) is 39.5 Å². The molecule has 3 rings (SSSR count). The van der Waals surface area contributed by atoms with E-state index < -0.39 is 0 Å². The zero-order chi connectivity index (χ0) is 18.9. The molecule has 0 saturated carbocycles. The van der Waals surface area contributed by atoms with Gasteiger partial charge in [-0.25, -0.2) is 0 Å². The van der Waals surface area contributed by atoms with Gasteiger partial charge < -0.3 is 19.5 Å². The van der Waals surface area contributed by atoms with Gasteiger partial charge in [-0.05, 0) is 45.1 Å². The number of rotatable bonds is 3. The lowest BCUT2D eigenvalue weighted by Crippen LogP contribution is -2.45. The molecule has 0 spiro atoms. The third-order valence-corrected chi connectivity index (χ3v) is 5.18. The first-order valence-corrected chi connectivity index (χ1v) is 10.2. The molecule has 2 heterocycles. The van der Waals surface area contributed by atoms with E-state index >= 15 is 0 Å². The van der Waals surface area contributed by atoms with Gasteiger partial charge in [-0.3, -0.25) is 9.69 Å². The number of hydrogen-bond donors (Lipinski definition) is 1. The molecule has 150 valence electrons. The van der Waals surface area contributed by atoms with Crippen LogP contribution in [0.1, 0.15) is 44.6 Å². The summed E-state index contributed by atoms with van der Waals surface area (Å²) >= 11 is 0. The molecule has 0 unspecified atom stereocenters. The Morgan fingerprint density at radius 3 is 2.81 bits per heavy atom. The molecule has 0 aromatic heterocycles. The van der Waals surface area contributed by atoms with Crippen LogP contribution in [0.5, 0.6) is 11.5 Å². The average Bonchev–Trinajstić information content (AvgIpc) is 2.70. The van der Waals surface area contributed by atoms with Crippen molar-refractivity contribution in [1.82, 2.24) is 10.2 Å². The highest BCUT2D eigenvalue weighted by Crippen LogP contribution is 2.33. The minimum Gasteiger partial charge on any atom is -0.490 e. The number of nitrogens with one attached hydrogen (secondary N) is 1. The van der Waals surface area contributed by atoms with Crippen LogP contribution in [0.3, 0.4) is 0 Å². The monoisotopic (exact) mass is 376 g/mol. The third-order valence-electron chi connectivity index (χ3n) is 5.18. The van der Waals surface area contributed by atoms with Crippen LogP contribution in [0.25, 0.3) is 0 Å². The quantitative estimate of drug-likeness (QED) is 0.879. The number of fused-ring (bicyclic) bond motifs is 1. The number of carbonyl (C=O) groups is 1. The predicted octanol–water partition coefficient (Wildman–Crippen LogP) is 2.75. The van der Waals surface area contributed by atoms with Crippen molar-refractivity contribution in [3.63, 3.8) is 0 Å². The highest BCUT2D eigenvalue weighted by atomic mass is 16.5. The first kappa shape index (κ1) is 20.0. The van der Waals surface area contributed by atoms with Crippen molar-refractivity contribution < 1.29 is 19.0 Å². The summed E-state index contributed by atoms with van der Waals surface area (Å²) in [5.74, 6) is 1.72. The van der Waals surface area contributed by atoms with Gasteiger partial charge in [-0.1, -0.05) is 12.1 Å². The number of para-hydroxylation sites is 1. The van der Waals surface area contributed by atoms with E-state index in [9.17, 15) is 4.79 Å². The van der Waals surface area contributed by atoms with Crippen molar-refractivity contribution in [2.24, 2.45) is 0 Å². The third kappa shape index (κ3) is 5.84. The topological polar surface area (TPSA) is 60.0 Å². The zero-order valence-electron chi connectivity index (χ0n) is 16.4. The maximum absolute atomic E-state index is 12.5. The average molecular weight is 376 g/mol. The van der Waals surface area contributed by atoms with Crippen LogP contribution in [-0.2, 0) is 16.1 Å². The molecule has 0 aliphatic carbocycles. The molecule has 1 saturated heterocycles. The zero-order valence-corrected chi connectivity index (χ0v) is 16.4. The van der Waals surface area contributed by atoms with Gasteiger partial charge >= 0.3 is 0 Å². The van der Waals surface area contributed by atoms with Gasteiger partial charge in [0.1, 0.15) is 0 Å². The summed E-state index contributed by atoms with van der Waals surface area (Å²) in [6.07, 6.45) is 4.89. The molecule has 0 radical (unpaired) electrons. The lowest BCUT2D eigenvalue weighted by molar-refractivity contribution is -0.123. The van der Waals surface area contributed by atoms with Crippen LogP contribution in [0, 0.1) is 0 Å². The first-order valence-electron chi connectivity index (χ1n) is 10.2. The van der Waals surface area contributed by atoms with Gasteiger partial charge in [0.05, 0.1) is 19.8 Å². The normalized spacial score (nSPS) is 21.0. The van der Waals surface area contributed by atoms with E-state index in [0.29, 0.717) is 32.3 Å². The van der Waals surface area contributed by atoms with Gasteiger partial charge in [0.2, 0.25) is 5.91 Å². The second kappa shape index (κ2) is 10.5. The summed E-state index contributed by atoms with van der Waals surface area (Å²) in [5.41, 5.74) is 1.08. The lowest BCUT2D eigenvalue weighted by Gasteiger charge is -2.34. The molecule has 0 bridgehead atoms. The van der Waals surface area contributed by atoms with E-state index in [2.05, 4.69) is 16.3 Å². The Hall–Kier alpha value is -1.79. The summed E-state index contributed by atoms with van der Waals surface area (Å²) in [7, 11) is 0. The van der Waals surface area contributed by atoms with Crippen molar-refractivity contribution in [3.8, 4) is 11.5 Å². The summed E-state index contributed by atoms with van der Waals surface area (Å²) in [6.45, 7) is 6.58. The molecule has 6 nitrogen and oxygen atoms in total. The van der Waals surface area contributed by atoms with Crippen LogP contribution in [0.4, 0.5) is 0 Å². The van der Waals surface area contributed by atoms with Crippen molar-refractivity contribution in [1.29, 1.82) is 0 Å². The molecule has 1 fully saturated rings. The molecule has 1 N–H and O–H groups in total. The number of hydrogen-bond acceptors (Lipinski definition) is 5. The number of benzene rings is 1. The highest BCUT2D eigenvalue weighted by molar-refractivity contribution is 5.78. The molecule has 1 aromatic rings. The van der Waals surface area contributed by atoms with Crippen LogP contribution >= 0.6 is 0 Å². The van der Waals surface area contributed by atoms with Crippen LogP contribution in [-0.4, -0.2) is 56.4 Å². The predicted molar refractivity (Wildman–Crippen MR) is 104 cm³/mol. The fraction of sp³-hybridized carbons (Fsp3) is 0.667. The first-order chi connectivity index (χ1) is 13.3. The maximum Gasteiger partial charge on any atom is 0.234 e. The van der Waals surface area contributed by atoms with Gasteiger partial charge in [-0.15, -0.1) is 0 Å². The van der Waals surface area contributed by atoms with E-state index in [1.165, 1.54) is 0 Å². The van der Waals surface area contributed by atoms with E-state index in [1.54, 1.807) is 0 Å². The molecule has 6 heteroatoms. The summed E-state index contributed by atoms with van der Waals surface area (Å²) < 4.78 is 17.5. The molecule has 2 aliphatic heterocycles. The number of ether oxygens (including phenoxy) is 3. The van der Waals surface area contributed by atoms with E-state index in [0.717, 1.165) is 68.9 Å². The minimum atomic E-state index is 0.101. The van der Waals surface area contributed by atoms with Crippen LogP contribution in [0.15, 0.2) is 18.2 Å². The molecule has 1 amide bonds. The number of carbonyl (C=O) groups excluding carboxylic acids is 1. The van der Waals surface area contributed by atoms with Gasteiger partial charge in [-0.2, -0.15) is 0 Å². The molecular formula is C21H32N2O4. The van der Waals surface area contributed by atoms with Crippen LogP contribution in [0.2, 0.25) is 0 Å².